The molecule has 0 aliphatic heterocycles. The number of H-pyrrole nitrogens is 1. The van der Waals surface area contributed by atoms with Crippen molar-refractivity contribution >= 4 is 28.4 Å². The van der Waals surface area contributed by atoms with Crippen molar-refractivity contribution in [2.24, 2.45) is 0 Å². The lowest BCUT2D eigenvalue weighted by atomic mass is 10.0. The molecule has 0 radical (unpaired) electrons. The van der Waals surface area contributed by atoms with Crippen LogP contribution >= 0.6 is 11.6 Å². The van der Waals surface area contributed by atoms with Gasteiger partial charge in [-0.05, 0) is 30.7 Å². The molecule has 0 fully saturated rings. The van der Waals surface area contributed by atoms with E-state index >= 15 is 0 Å². The van der Waals surface area contributed by atoms with Crippen LogP contribution in [0.25, 0.3) is 22.0 Å². The monoisotopic (exact) mass is 342 g/mol. The van der Waals surface area contributed by atoms with Crippen molar-refractivity contribution in [3.05, 3.63) is 59.2 Å². The fourth-order valence-electron chi connectivity index (χ4n) is 2.90. The fourth-order valence-corrected chi connectivity index (χ4v) is 3.07. The molecule has 2 aromatic carbocycles. The van der Waals surface area contributed by atoms with E-state index in [1.54, 1.807) is 20.0 Å². The highest BCUT2D eigenvalue weighted by atomic mass is 35.5. The second kappa shape index (κ2) is 6.67. The molecule has 124 valence electrons. The maximum Gasteiger partial charge on any atom is 0.270 e. The van der Waals surface area contributed by atoms with Crippen LogP contribution in [0, 0.1) is 0 Å². The zero-order valence-electron chi connectivity index (χ0n) is 13.6. The number of benzene rings is 2. The van der Waals surface area contributed by atoms with Gasteiger partial charge < -0.3 is 15.0 Å². The molecule has 0 saturated carbocycles. The van der Waals surface area contributed by atoms with Crippen LogP contribution in [0.15, 0.2) is 48.5 Å². The molecule has 1 amide bonds. The summed E-state index contributed by atoms with van der Waals surface area (Å²) in [6.07, 6.45) is -0.585. The van der Waals surface area contributed by atoms with Gasteiger partial charge in [-0.15, -0.1) is 0 Å². The lowest BCUT2D eigenvalue weighted by Crippen LogP contribution is -2.33. The van der Waals surface area contributed by atoms with Gasteiger partial charge in [0.15, 0.2) is 0 Å². The van der Waals surface area contributed by atoms with E-state index in [4.69, 9.17) is 11.6 Å². The Morgan fingerprint density at radius 2 is 1.96 bits per heavy atom. The van der Waals surface area contributed by atoms with Crippen LogP contribution in [0.4, 0.5) is 0 Å². The number of likely N-dealkylation sites (N-methyl/N-ethyl adjacent to an activating group) is 1. The van der Waals surface area contributed by atoms with Crippen LogP contribution in [0.5, 0.6) is 0 Å². The zero-order chi connectivity index (χ0) is 17.3. The van der Waals surface area contributed by atoms with E-state index in [0.29, 0.717) is 10.7 Å². The maximum atomic E-state index is 12.9. The van der Waals surface area contributed by atoms with Gasteiger partial charge in [-0.3, -0.25) is 4.79 Å². The summed E-state index contributed by atoms with van der Waals surface area (Å²) in [5, 5.41) is 11.1. The Kier molecular flexibility index (Phi) is 4.60. The Balaban J connectivity index is 2.19. The molecule has 1 aromatic heterocycles. The van der Waals surface area contributed by atoms with Gasteiger partial charge in [0, 0.05) is 35.1 Å². The Bertz CT molecular complexity index is 872. The lowest BCUT2D eigenvalue weighted by molar-refractivity contribution is 0.0700. The molecule has 0 aliphatic carbocycles. The fraction of sp³-hybridized carbons (Fsp3) is 0.211. The standard InChI is InChI=1S/C19H19ClN2O2/c1-12(23)11-22(2)19(24)18-17(13-6-4-3-5-7-13)15-10-14(20)8-9-16(15)21-18/h3-10,12,21,23H,11H2,1-2H3/t12-/m1/s1. The van der Waals surface area contributed by atoms with Crippen molar-refractivity contribution in [2.45, 2.75) is 13.0 Å². The third kappa shape index (κ3) is 3.16. The molecular weight excluding hydrogens is 324 g/mol. The van der Waals surface area contributed by atoms with Crippen molar-refractivity contribution in [3.8, 4) is 11.1 Å². The van der Waals surface area contributed by atoms with Crippen molar-refractivity contribution in [2.75, 3.05) is 13.6 Å². The summed E-state index contributed by atoms with van der Waals surface area (Å²) in [6.45, 7) is 1.93. The second-order valence-electron chi connectivity index (χ2n) is 5.97. The van der Waals surface area contributed by atoms with Crippen LogP contribution in [0.1, 0.15) is 17.4 Å². The predicted octanol–water partition coefficient (Wildman–Crippen LogP) is 3.94. The first kappa shape index (κ1) is 16.6. The molecule has 0 unspecified atom stereocenters. The van der Waals surface area contributed by atoms with Gasteiger partial charge in [0.1, 0.15) is 5.69 Å². The van der Waals surface area contributed by atoms with Crippen LogP contribution in [0.3, 0.4) is 0 Å². The summed E-state index contributed by atoms with van der Waals surface area (Å²) >= 11 is 6.16. The number of amides is 1. The summed E-state index contributed by atoms with van der Waals surface area (Å²) < 4.78 is 0. The highest BCUT2D eigenvalue weighted by molar-refractivity contribution is 6.31. The highest BCUT2D eigenvalue weighted by Gasteiger charge is 2.22. The molecule has 0 aliphatic rings. The average molecular weight is 343 g/mol. The normalized spacial score (nSPS) is 12.3. The van der Waals surface area contributed by atoms with Gasteiger partial charge >= 0.3 is 0 Å². The largest absolute Gasteiger partial charge is 0.392 e. The zero-order valence-corrected chi connectivity index (χ0v) is 14.3. The summed E-state index contributed by atoms with van der Waals surface area (Å²) in [4.78, 5) is 17.6. The SMILES string of the molecule is C[C@@H](O)CN(C)C(=O)c1[nH]c2ccc(Cl)cc2c1-c1ccccc1. The van der Waals surface area contributed by atoms with E-state index in [-0.39, 0.29) is 12.5 Å². The molecule has 0 saturated heterocycles. The number of fused-ring (bicyclic) bond motifs is 1. The van der Waals surface area contributed by atoms with Gasteiger partial charge in [-0.25, -0.2) is 0 Å². The van der Waals surface area contributed by atoms with E-state index in [0.717, 1.165) is 22.0 Å². The van der Waals surface area contributed by atoms with E-state index in [1.165, 1.54) is 4.90 Å². The Morgan fingerprint density at radius 3 is 2.62 bits per heavy atom. The minimum absolute atomic E-state index is 0.165. The van der Waals surface area contributed by atoms with Crippen molar-refractivity contribution in [1.29, 1.82) is 0 Å². The molecule has 1 atom stereocenters. The first-order chi connectivity index (χ1) is 11.5. The van der Waals surface area contributed by atoms with Gasteiger partial charge in [-0.1, -0.05) is 41.9 Å². The molecule has 1 heterocycles. The first-order valence-electron chi connectivity index (χ1n) is 7.77. The first-order valence-corrected chi connectivity index (χ1v) is 8.15. The molecule has 3 aromatic rings. The van der Waals surface area contributed by atoms with Crippen LogP contribution < -0.4 is 0 Å². The van der Waals surface area contributed by atoms with E-state index in [1.807, 2.05) is 42.5 Å². The van der Waals surface area contributed by atoms with E-state index in [9.17, 15) is 9.90 Å². The summed E-state index contributed by atoms with van der Waals surface area (Å²) in [5.41, 5.74) is 3.13. The number of carbonyl (C=O) groups excluding carboxylic acids is 1. The number of aromatic amines is 1. The van der Waals surface area contributed by atoms with Gasteiger partial charge in [0.25, 0.3) is 5.91 Å². The molecule has 3 rings (SSSR count). The molecule has 4 nitrogen and oxygen atoms in total. The Hall–Kier alpha value is -2.30. The van der Waals surface area contributed by atoms with Crippen LogP contribution in [-0.4, -0.2) is 40.6 Å². The number of aliphatic hydroxyl groups is 1. The van der Waals surface area contributed by atoms with E-state index in [2.05, 4.69) is 4.98 Å². The number of hydrogen-bond acceptors (Lipinski definition) is 2. The molecular formula is C19H19ClN2O2. The minimum atomic E-state index is -0.585. The average Bonchev–Trinajstić information content (AvgIpc) is 2.92. The van der Waals surface area contributed by atoms with E-state index < -0.39 is 6.10 Å². The molecule has 0 bridgehead atoms. The molecule has 5 heteroatoms. The number of aromatic nitrogens is 1. The number of halogens is 1. The molecule has 0 spiro atoms. The lowest BCUT2D eigenvalue weighted by Gasteiger charge is -2.19. The smallest absolute Gasteiger partial charge is 0.270 e. The number of carbonyl (C=O) groups is 1. The second-order valence-corrected chi connectivity index (χ2v) is 6.40. The minimum Gasteiger partial charge on any atom is -0.392 e. The topological polar surface area (TPSA) is 56.3 Å². The highest BCUT2D eigenvalue weighted by Crippen LogP contribution is 2.34. The van der Waals surface area contributed by atoms with Gasteiger partial charge in [-0.2, -0.15) is 0 Å². The van der Waals surface area contributed by atoms with Crippen molar-refractivity contribution in [1.82, 2.24) is 9.88 Å². The van der Waals surface area contributed by atoms with Crippen molar-refractivity contribution in [3.63, 3.8) is 0 Å². The maximum absolute atomic E-state index is 12.9. The van der Waals surface area contributed by atoms with Crippen molar-refractivity contribution < 1.29 is 9.90 Å². The van der Waals surface area contributed by atoms with Crippen LogP contribution in [0.2, 0.25) is 5.02 Å². The van der Waals surface area contributed by atoms with Crippen LogP contribution in [-0.2, 0) is 0 Å². The van der Waals surface area contributed by atoms with Gasteiger partial charge in [0.2, 0.25) is 0 Å². The third-order valence-electron chi connectivity index (χ3n) is 3.92. The number of hydrogen-bond donors (Lipinski definition) is 2. The quantitative estimate of drug-likeness (QED) is 0.754. The number of aliphatic hydroxyl groups excluding tert-OH is 1. The summed E-state index contributed by atoms with van der Waals surface area (Å²) in [5.74, 6) is -0.165. The third-order valence-corrected chi connectivity index (χ3v) is 4.16. The summed E-state index contributed by atoms with van der Waals surface area (Å²) in [6, 6.07) is 15.3. The number of nitrogens with zero attached hydrogens (tertiary/aromatic N) is 1. The number of nitrogens with one attached hydrogen (secondary N) is 1. The van der Waals surface area contributed by atoms with Gasteiger partial charge in [0.05, 0.1) is 6.10 Å². The Labute approximate surface area is 145 Å². The molecule has 24 heavy (non-hydrogen) atoms. The summed E-state index contributed by atoms with van der Waals surface area (Å²) in [7, 11) is 1.68. The molecule has 2 N–H and O–H groups in total. The Morgan fingerprint density at radius 1 is 1.25 bits per heavy atom. The number of rotatable bonds is 4. The predicted molar refractivity (Wildman–Crippen MR) is 97.4 cm³/mol.